The van der Waals surface area contributed by atoms with E-state index in [1.807, 2.05) is 12.1 Å². The first kappa shape index (κ1) is 15.3. The van der Waals surface area contributed by atoms with Crippen LogP contribution in [0.2, 0.25) is 10.0 Å². The van der Waals surface area contributed by atoms with Crippen LogP contribution in [0.1, 0.15) is 17.3 Å². The van der Waals surface area contributed by atoms with Crippen molar-refractivity contribution in [1.29, 1.82) is 0 Å². The van der Waals surface area contributed by atoms with Crippen LogP contribution >= 0.6 is 55.1 Å². The third-order valence-corrected chi connectivity index (χ3v) is 4.30. The largest absolute Gasteiger partial charge is 0.322 e. The highest BCUT2D eigenvalue weighted by molar-refractivity contribution is 9.11. The second-order valence-electron chi connectivity index (χ2n) is 4.07. The first-order valence-electron chi connectivity index (χ1n) is 5.48. The van der Waals surface area contributed by atoms with Gasteiger partial charge in [-0.15, -0.1) is 0 Å². The molecule has 2 nitrogen and oxygen atoms in total. The van der Waals surface area contributed by atoms with E-state index in [1.54, 1.807) is 18.3 Å². The number of nitrogens with two attached hydrogens (primary N) is 1. The summed E-state index contributed by atoms with van der Waals surface area (Å²) in [6, 6.07) is 7.10. The third-order valence-electron chi connectivity index (χ3n) is 2.64. The number of nitrogens with zero attached hydrogens (tertiary/aromatic N) is 1. The average Bonchev–Trinajstić information content (AvgIpc) is 2.32. The molecule has 0 aliphatic rings. The van der Waals surface area contributed by atoms with Crippen molar-refractivity contribution in [3.8, 4) is 0 Å². The Balaban J connectivity index is 2.23. The fourth-order valence-corrected chi connectivity index (χ4v) is 3.49. The van der Waals surface area contributed by atoms with Crippen LogP contribution in [0.3, 0.4) is 0 Å². The predicted octanol–water partition coefficient (Wildman–Crippen LogP) is 5.16. The van der Waals surface area contributed by atoms with Crippen LogP contribution in [-0.2, 0) is 6.42 Å². The van der Waals surface area contributed by atoms with Crippen molar-refractivity contribution in [2.75, 3.05) is 0 Å². The summed E-state index contributed by atoms with van der Waals surface area (Å²) in [4.78, 5) is 4.33. The lowest BCUT2D eigenvalue weighted by molar-refractivity contribution is 0.692. The van der Waals surface area contributed by atoms with Crippen molar-refractivity contribution in [3.63, 3.8) is 0 Å². The van der Waals surface area contributed by atoms with Gasteiger partial charge >= 0.3 is 0 Å². The Morgan fingerprint density at radius 1 is 1.21 bits per heavy atom. The van der Waals surface area contributed by atoms with Gasteiger partial charge in [0.15, 0.2) is 0 Å². The van der Waals surface area contributed by atoms with Crippen LogP contribution < -0.4 is 5.73 Å². The van der Waals surface area contributed by atoms with Crippen molar-refractivity contribution >= 4 is 55.1 Å². The summed E-state index contributed by atoms with van der Waals surface area (Å²) in [5, 5.41) is 1.24. The summed E-state index contributed by atoms with van der Waals surface area (Å²) in [5.41, 5.74) is 7.94. The summed E-state index contributed by atoms with van der Waals surface area (Å²) in [6.45, 7) is 0. The zero-order valence-corrected chi connectivity index (χ0v) is 14.4. The highest BCUT2D eigenvalue weighted by Gasteiger charge is 2.14. The van der Waals surface area contributed by atoms with Gasteiger partial charge in [0.05, 0.1) is 11.7 Å². The summed E-state index contributed by atoms with van der Waals surface area (Å²) in [7, 11) is 0. The highest BCUT2D eigenvalue weighted by Crippen LogP contribution is 2.28. The van der Waals surface area contributed by atoms with Gasteiger partial charge in [0, 0.05) is 25.2 Å². The maximum atomic E-state index is 6.19. The van der Waals surface area contributed by atoms with Gasteiger partial charge in [-0.05, 0) is 62.0 Å². The van der Waals surface area contributed by atoms with Gasteiger partial charge in [0.2, 0.25) is 0 Å². The van der Waals surface area contributed by atoms with Crippen molar-refractivity contribution in [3.05, 3.63) is 60.7 Å². The standard InChI is InChI=1S/C13H10Br2Cl2N2/c14-8-4-10(15)13(19-6-8)12(18)3-7-1-2-9(16)5-11(7)17/h1-2,4-6,12H,3,18H2. The minimum Gasteiger partial charge on any atom is -0.322 e. The quantitative estimate of drug-likeness (QED) is 0.739. The number of hydrogen-bond donors (Lipinski definition) is 1. The van der Waals surface area contributed by atoms with E-state index >= 15 is 0 Å². The molecule has 0 bridgehead atoms. The Morgan fingerprint density at radius 3 is 2.58 bits per heavy atom. The highest BCUT2D eigenvalue weighted by atomic mass is 79.9. The molecule has 6 heteroatoms. The molecule has 0 saturated heterocycles. The minimum atomic E-state index is -0.235. The van der Waals surface area contributed by atoms with Crippen molar-refractivity contribution in [1.82, 2.24) is 4.98 Å². The van der Waals surface area contributed by atoms with E-state index in [4.69, 9.17) is 28.9 Å². The normalized spacial score (nSPS) is 12.5. The van der Waals surface area contributed by atoms with Crippen molar-refractivity contribution < 1.29 is 0 Å². The molecule has 0 aliphatic carbocycles. The molecule has 0 fully saturated rings. The molecular weight excluding hydrogens is 415 g/mol. The summed E-state index contributed by atoms with van der Waals surface area (Å²) in [6.07, 6.45) is 2.33. The van der Waals surface area contributed by atoms with E-state index in [2.05, 4.69) is 36.8 Å². The lowest BCUT2D eigenvalue weighted by atomic mass is 10.0. The van der Waals surface area contributed by atoms with Crippen LogP contribution in [-0.4, -0.2) is 4.98 Å². The van der Waals surface area contributed by atoms with E-state index in [1.165, 1.54) is 0 Å². The van der Waals surface area contributed by atoms with E-state index in [0.717, 1.165) is 20.2 Å². The van der Waals surface area contributed by atoms with Crippen LogP contribution in [0, 0.1) is 0 Å². The van der Waals surface area contributed by atoms with Gasteiger partial charge < -0.3 is 5.73 Å². The van der Waals surface area contributed by atoms with Crippen LogP contribution in [0.4, 0.5) is 0 Å². The van der Waals surface area contributed by atoms with E-state index in [0.29, 0.717) is 16.5 Å². The van der Waals surface area contributed by atoms with Crippen molar-refractivity contribution in [2.45, 2.75) is 12.5 Å². The molecule has 0 spiro atoms. The SMILES string of the molecule is NC(Cc1ccc(Cl)cc1Cl)c1ncc(Br)cc1Br. The Kier molecular flexibility index (Phi) is 5.26. The average molecular weight is 425 g/mol. The number of halogens is 4. The first-order chi connectivity index (χ1) is 8.97. The van der Waals surface area contributed by atoms with Crippen LogP contribution in [0.5, 0.6) is 0 Å². The van der Waals surface area contributed by atoms with Crippen LogP contribution in [0.25, 0.3) is 0 Å². The Labute approximate surface area is 138 Å². The fourth-order valence-electron chi connectivity index (χ4n) is 1.72. The van der Waals surface area contributed by atoms with Crippen LogP contribution in [0.15, 0.2) is 39.4 Å². The predicted molar refractivity (Wildman–Crippen MR) is 86.7 cm³/mol. The van der Waals surface area contributed by atoms with Crippen molar-refractivity contribution in [2.24, 2.45) is 5.73 Å². The second kappa shape index (κ2) is 6.55. The topological polar surface area (TPSA) is 38.9 Å². The molecule has 0 aliphatic heterocycles. The van der Waals surface area contributed by atoms with Gasteiger partial charge in [-0.3, -0.25) is 4.98 Å². The summed E-state index contributed by atoms with van der Waals surface area (Å²) in [5.74, 6) is 0. The molecule has 2 N–H and O–H groups in total. The van der Waals surface area contributed by atoms with Gasteiger partial charge in [0.25, 0.3) is 0 Å². The van der Waals surface area contributed by atoms with Gasteiger partial charge in [-0.25, -0.2) is 0 Å². The maximum absolute atomic E-state index is 6.19. The number of rotatable bonds is 3. The maximum Gasteiger partial charge on any atom is 0.0716 e. The lowest BCUT2D eigenvalue weighted by Crippen LogP contribution is -2.15. The number of benzene rings is 1. The van der Waals surface area contributed by atoms with Gasteiger partial charge in [0.1, 0.15) is 0 Å². The van der Waals surface area contributed by atoms with E-state index in [-0.39, 0.29) is 6.04 Å². The molecule has 2 aromatic rings. The molecule has 1 atom stereocenters. The number of pyridine rings is 1. The third kappa shape index (κ3) is 3.92. The molecule has 1 aromatic carbocycles. The molecule has 1 unspecified atom stereocenters. The second-order valence-corrected chi connectivity index (χ2v) is 6.68. The number of aromatic nitrogens is 1. The first-order valence-corrected chi connectivity index (χ1v) is 7.82. The molecule has 2 rings (SSSR count). The zero-order chi connectivity index (χ0) is 14.0. The Hall–Kier alpha value is -0.130. The van der Waals surface area contributed by atoms with Gasteiger partial charge in [-0.2, -0.15) is 0 Å². The fraction of sp³-hybridized carbons (Fsp3) is 0.154. The molecule has 0 amide bonds. The Morgan fingerprint density at radius 2 is 1.95 bits per heavy atom. The summed E-state index contributed by atoms with van der Waals surface area (Å²) < 4.78 is 1.78. The molecule has 1 heterocycles. The molecule has 100 valence electrons. The molecule has 1 aromatic heterocycles. The molecular formula is C13H10Br2Cl2N2. The molecule has 0 saturated carbocycles. The van der Waals surface area contributed by atoms with E-state index in [9.17, 15) is 0 Å². The smallest absolute Gasteiger partial charge is 0.0716 e. The minimum absolute atomic E-state index is 0.235. The molecule has 0 radical (unpaired) electrons. The van der Waals surface area contributed by atoms with E-state index < -0.39 is 0 Å². The molecule has 19 heavy (non-hydrogen) atoms. The monoisotopic (exact) mass is 422 g/mol. The summed E-state index contributed by atoms with van der Waals surface area (Å²) >= 11 is 18.8. The number of hydrogen-bond acceptors (Lipinski definition) is 2. The van der Waals surface area contributed by atoms with Gasteiger partial charge in [-0.1, -0.05) is 29.3 Å². The zero-order valence-electron chi connectivity index (χ0n) is 9.71. The Bertz CT molecular complexity index is 605. The lowest BCUT2D eigenvalue weighted by Gasteiger charge is -2.14.